The lowest BCUT2D eigenvalue weighted by molar-refractivity contribution is 0.580. The molecule has 19 heavy (non-hydrogen) atoms. The van der Waals surface area contributed by atoms with Gasteiger partial charge in [0.2, 0.25) is 5.95 Å². The van der Waals surface area contributed by atoms with E-state index < -0.39 is 0 Å². The van der Waals surface area contributed by atoms with Gasteiger partial charge in [-0.05, 0) is 37.3 Å². The summed E-state index contributed by atoms with van der Waals surface area (Å²) >= 11 is 0. The summed E-state index contributed by atoms with van der Waals surface area (Å²) in [5.74, 6) is 1.28. The fraction of sp³-hybridized carbons (Fsp3) is 0.0667. The summed E-state index contributed by atoms with van der Waals surface area (Å²) in [5.41, 5.74) is 2.94. The highest BCUT2D eigenvalue weighted by Crippen LogP contribution is 2.19. The standard InChI is InChI=1S/C15H13N3O/c1-11-4-6-12(7-5-11)17-15-16-9-8-13(18-15)14-3-2-10-19-14/h2-10H,1H3,(H,16,17,18). The maximum atomic E-state index is 5.32. The van der Waals surface area contributed by atoms with E-state index in [0.717, 1.165) is 17.1 Å². The normalized spacial score (nSPS) is 10.4. The first-order valence-corrected chi connectivity index (χ1v) is 6.02. The van der Waals surface area contributed by atoms with Gasteiger partial charge in [0.15, 0.2) is 5.76 Å². The van der Waals surface area contributed by atoms with Crippen LogP contribution >= 0.6 is 0 Å². The van der Waals surface area contributed by atoms with Crippen molar-refractivity contribution < 1.29 is 4.42 Å². The van der Waals surface area contributed by atoms with Crippen LogP contribution in [-0.2, 0) is 0 Å². The van der Waals surface area contributed by atoms with E-state index in [0.29, 0.717) is 5.95 Å². The Morgan fingerprint density at radius 1 is 1.05 bits per heavy atom. The summed E-state index contributed by atoms with van der Waals surface area (Å²) < 4.78 is 5.32. The predicted molar refractivity (Wildman–Crippen MR) is 74.2 cm³/mol. The van der Waals surface area contributed by atoms with E-state index >= 15 is 0 Å². The lowest BCUT2D eigenvalue weighted by Crippen LogP contribution is -1.97. The topological polar surface area (TPSA) is 51.0 Å². The van der Waals surface area contributed by atoms with E-state index in [4.69, 9.17) is 4.42 Å². The summed E-state index contributed by atoms with van der Waals surface area (Å²) in [6.45, 7) is 2.05. The Bertz CT molecular complexity index is 660. The number of hydrogen-bond donors (Lipinski definition) is 1. The van der Waals surface area contributed by atoms with Gasteiger partial charge in [0.25, 0.3) is 0 Å². The summed E-state index contributed by atoms with van der Waals surface area (Å²) in [6.07, 6.45) is 3.34. The van der Waals surface area contributed by atoms with Gasteiger partial charge in [0.1, 0.15) is 5.69 Å². The molecule has 0 unspecified atom stereocenters. The molecule has 0 bridgehead atoms. The van der Waals surface area contributed by atoms with Crippen molar-refractivity contribution in [2.75, 3.05) is 5.32 Å². The summed E-state index contributed by atoms with van der Waals surface area (Å²) in [6, 6.07) is 13.6. The smallest absolute Gasteiger partial charge is 0.227 e. The molecule has 2 heterocycles. The van der Waals surface area contributed by atoms with Crippen molar-refractivity contribution in [1.29, 1.82) is 0 Å². The Morgan fingerprint density at radius 3 is 2.63 bits per heavy atom. The maximum Gasteiger partial charge on any atom is 0.227 e. The maximum absolute atomic E-state index is 5.32. The number of furan rings is 1. The summed E-state index contributed by atoms with van der Waals surface area (Å²) in [4.78, 5) is 8.62. The molecule has 1 aromatic carbocycles. The minimum Gasteiger partial charge on any atom is -0.463 e. The van der Waals surface area contributed by atoms with Crippen LogP contribution in [0.25, 0.3) is 11.5 Å². The molecule has 0 aliphatic heterocycles. The van der Waals surface area contributed by atoms with Crippen molar-refractivity contribution in [3.63, 3.8) is 0 Å². The number of benzene rings is 1. The van der Waals surface area contributed by atoms with Gasteiger partial charge >= 0.3 is 0 Å². The van der Waals surface area contributed by atoms with E-state index in [9.17, 15) is 0 Å². The Labute approximate surface area is 111 Å². The number of rotatable bonds is 3. The number of aryl methyl sites for hydroxylation is 1. The highest BCUT2D eigenvalue weighted by Gasteiger charge is 2.04. The Hall–Kier alpha value is -2.62. The second-order valence-corrected chi connectivity index (χ2v) is 4.23. The van der Waals surface area contributed by atoms with E-state index in [1.807, 2.05) is 42.5 Å². The van der Waals surface area contributed by atoms with Crippen LogP contribution in [0.5, 0.6) is 0 Å². The van der Waals surface area contributed by atoms with Gasteiger partial charge in [-0.15, -0.1) is 0 Å². The predicted octanol–water partition coefficient (Wildman–Crippen LogP) is 3.79. The zero-order valence-electron chi connectivity index (χ0n) is 10.5. The van der Waals surface area contributed by atoms with Crippen LogP contribution in [0.1, 0.15) is 5.56 Å². The number of nitrogens with one attached hydrogen (secondary N) is 1. The zero-order valence-corrected chi connectivity index (χ0v) is 10.5. The number of aromatic nitrogens is 2. The van der Waals surface area contributed by atoms with Gasteiger partial charge in [0.05, 0.1) is 6.26 Å². The average Bonchev–Trinajstić information content (AvgIpc) is 2.96. The molecule has 94 valence electrons. The molecule has 1 N–H and O–H groups in total. The second kappa shape index (κ2) is 4.94. The van der Waals surface area contributed by atoms with Crippen LogP contribution in [0, 0.1) is 6.92 Å². The third kappa shape index (κ3) is 2.63. The minimum atomic E-state index is 0.553. The first-order valence-electron chi connectivity index (χ1n) is 6.02. The lowest BCUT2D eigenvalue weighted by Gasteiger charge is -2.05. The molecule has 0 saturated carbocycles. The van der Waals surface area contributed by atoms with Crippen molar-refractivity contribution in [2.45, 2.75) is 6.92 Å². The van der Waals surface area contributed by atoms with E-state index in [1.54, 1.807) is 12.5 Å². The van der Waals surface area contributed by atoms with Crippen LogP contribution in [0.15, 0.2) is 59.3 Å². The van der Waals surface area contributed by atoms with Gasteiger partial charge < -0.3 is 9.73 Å². The van der Waals surface area contributed by atoms with Crippen LogP contribution in [-0.4, -0.2) is 9.97 Å². The van der Waals surface area contributed by atoms with Crippen molar-refractivity contribution in [2.24, 2.45) is 0 Å². The molecule has 0 saturated heterocycles. The van der Waals surface area contributed by atoms with E-state index in [2.05, 4.69) is 22.2 Å². The van der Waals surface area contributed by atoms with Gasteiger partial charge in [-0.3, -0.25) is 0 Å². The largest absolute Gasteiger partial charge is 0.463 e. The molecule has 4 nitrogen and oxygen atoms in total. The first-order chi connectivity index (χ1) is 9.31. The monoisotopic (exact) mass is 251 g/mol. The van der Waals surface area contributed by atoms with Crippen LogP contribution in [0.4, 0.5) is 11.6 Å². The minimum absolute atomic E-state index is 0.553. The molecule has 4 heteroatoms. The van der Waals surface area contributed by atoms with Gasteiger partial charge in [-0.25, -0.2) is 9.97 Å². The number of hydrogen-bond acceptors (Lipinski definition) is 4. The van der Waals surface area contributed by atoms with Crippen molar-refractivity contribution >= 4 is 11.6 Å². The molecule has 0 radical (unpaired) electrons. The fourth-order valence-corrected chi connectivity index (χ4v) is 1.75. The van der Waals surface area contributed by atoms with Gasteiger partial charge in [0, 0.05) is 11.9 Å². The fourth-order valence-electron chi connectivity index (χ4n) is 1.75. The van der Waals surface area contributed by atoms with Crippen molar-refractivity contribution in [3.8, 4) is 11.5 Å². The third-order valence-corrected chi connectivity index (χ3v) is 2.74. The lowest BCUT2D eigenvalue weighted by atomic mass is 10.2. The van der Waals surface area contributed by atoms with Crippen LogP contribution in [0.3, 0.4) is 0 Å². The van der Waals surface area contributed by atoms with Crippen molar-refractivity contribution in [3.05, 3.63) is 60.5 Å². The quantitative estimate of drug-likeness (QED) is 0.769. The molecular weight excluding hydrogens is 238 g/mol. The van der Waals surface area contributed by atoms with Crippen molar-refractivity contribution in [1.82, 2.24) is 9.97 Å². The molecule has 0 aliphatic rings. The molecule has 3 rings (SSSR count). The highest BCUT2D eigenvalue weighted by atomic mass is 16.3. The summed E-state index contributed by atoms with van der Waals surface area (Å²) in [7, 11) is 0. The second-order valence-electron chi connectivity index (χ2n) is 4.23. The first kappa shape index (κ1) is 11.5. The van der Waals surface area contributed by atoms with E-state index in [1.165, 1.54) is 5.56 Å². The van der Waals surface area contributed by atoms with Crippen LogP contribution in [0.2, 0.25) is 0 Å². The third-order valence-electron chi connectivity index (χ3n) is 2.74. The molecule has 0 fully saturated rings. The molecule has 0 aliphatic carbocycles. The molecule has 0 amide bonds. The highest BCUT2D eigenvalue weighted by molar-refractivity contribution is 5.58. The molecule has 0 atom stereocenters. The zero-order chi connectivity index (χ0) is 13.1. The number of nitrogens with zero attached hydrogens (tertiary/aromatic N) is 2. The molecule has 0 spiro atoms. The Balaban J connectivity index is 1.85. The average molecular weight is 251 g/mol. The molecular formula is C15H13N3O. The van der Waals surface area contributed by atoms with Gasteiger partial charge in [-0.1, -0.05) is 17.7 Å². The summed E-state index contributed by atoms with van der Waals surface area (Å²) in [5, 5.41) is 3.17. The van der Waals surface area contributed by atoms with E-state index in [-0.39, 0.29) is 0 Å². The van der Waals surface area contributed by atoms with Crippen LogP contribution < -0.4 is 5.32 Å². The Morgan fingerprint density at radius 2 is 1.89 bits per heavy atom. The molecule has 3 aromatic rings. The SMILES string of the molecule is Cc1ccc(Nc2nccc(-c3ccco3)n2)cc1. The van der Waals surface area contributed by atoms with Gasteiger partial charge in [-0.2, -0.15) is 0 Å². The number of anilines is 2. The molecule has 2 aromatic heterocycles. The Kier molecular flexibility index (Phi) is 2.98.